The molecule has 2 N–H and O–H groups in total. The molecule has 0 aromatic heterocycles. The zero-order valence-electron chi connectivity index (χ0n) is 16.2. The molecular formula is C22H21N3O5. The molecule has 2 aromatic rings. The first kappa shape index (κ1) is 19.6. The average Bonchev–Trinajstić information content (AvgIpc) is 2.98. The van der Waals surface area contributed by atoms with Gasteiger partial charge in [0.15, 0.2) is 6.61 Å². The van der Waals surface area contributed by atoms with E-state index in [1.54, 1.807) is 24.3 Å². The number of imide groups is 1. The van der Waals surface area contributed by atoms with Crippen molar-refractivity contribution in [3.05, 3.63) is 65.7 Å². The molecule has 8 heteroatoms. The van der Waals surface area contributed by atoms with Crippen LogP contribution in [0.2, 0.25) is 0 Å². The number of hydrogen-bond donors (Lipinski definition) is 2. The summed E-state index contributed by atoms with van der Waals surface area (Å²) in [6.07, 6.45) is 2.06. The molecule has 2 aromatic carbocycles. The molecule has 1 aliphatic heterocycles. The maximum absolute atomic E-state index is 13.1. The fourth-order valence-corrected chi connectivity index (χ4v) is 3.99. The minimum absolute atomic E-state index is 0.467. The summed E-state index contributed by atoms with van der Waals surface area (Å²) in [5, 5.41) is 5.37. The molecule has 4 amide bonds. The molecule has 30 heavy (non-hydrogen) atoms. The van der Waals surface area contributed by atoms with Crippen LogP contribution in [0.1, 0.15) is 24.0 Å². The summed E-state index contributed by atoms with van der Waals surface area (Å²) in [5.74, 6) is -1.81. The fraction of sp³-hybridized carbons (Fsp3) is 0.273. The maximum Gasteiger partial charge on any atom is 0.326 e. The predicted molar refractivity (Wildman–Crippen MR) is 107 cm³/mol. The van der Waals surface area contributed by atoms with E-state index in [1.807, 2.05) is 30.3 Å². The van der Waals surface area contributed by atoms with Crippen molar-refractivity contribution in [1.29, 1.82) is 0 Å². The fourth-order valence-electron chi connectivity index (χ4n) is 3.99. The summed E-state index contributed by atoms with van der Waals surface area (Å²) in [6, 6.07) is 15.6. The van der Waals surface area contributed by atoms with Crippen LogP contribution in [-0.2, 0) is 31.1 Å². The topological polar surface area (TPSA) is 105 Å². The highest BCUT2D eigenvalue weighted by atomic mass is 16.5. The SMILES string of the molecule is O=C(COC(=O)CN1C(=O)N[C@@]2(CCCc3ccccc32)C1=O)Nc1ccccc1. The summed E-state index contributed by atoms with van der Waals surface area (Å²) in [4.78, 5) is 50.6. The van der Waals surface area contributed by atoms with Crippen molar-refractivity contribution in [3.8, 4) is 0 Å². The number of urea groups is 1. The number of para-hydroxylation sites is 1. The smallest absolute Gasteiger partial charge is 0.326 e. The Balaban J connectivity index is 1.38. The van der Waals surface area contributed by atoms with Gasteiger partial charge in [0.2, 0.25) is 0 Å². The molecule has 1 saturated heterocycles. The lowest BCUT2D eigenvalue weighted by atomic mass is 9.76. The van der Waals surface area contributed by atoms with Crippen molar-refractivity contribution < 1.29 is 23.9 Å². The van der Waals surface area contributed by atoms with Gasteiger partial charge < -0.3 is 15.4 Å². The summed E-state index contributed by atoms with van der Waals surface area (Å²) in [6.45, 7) is -1.06. The predicted octanol–water partition coefficient (Wildman–Crippen LogP) is 1.95. The van der Waals surface area contributed by atoms with Gasteiger partial charge in [-0.15, -0.1) is 0 Å². The van der Waals surface area contributed by atoms with E-state index >= 15 is 0 Å². The number of carbonyl (C=O) groups is 4. The van der Waals surface area contributed by atoms with E-state index in [2.05, 4.69) is 10.6 Å². The van der Waals surface area contributed by atoms with Crippen molar-refractivity contribution in [3.63, 3.8) is 0 Å². The van der Waals surface area contributed by atoms with Crippen LogP contribution in [0.3, 0.4) is 0 Å². The van der Waals surface area contributed by atoms with Crippen LogP contribution in [0.4, 0.5) is 10.5 Å². The summed E-state index contributed by atoms with van der Waals surface area (Å²) >= 11 is 0. The molecule has 1 aliphatic carbocycles. The van der Waals surface area contributed by atoms with E-state index in [4.69, 9.17) is 4.74 Å². The van der Waals surface area contributed by atoms with Crippen molar-refractivity contribution >= 4 is 29.5 Å². The van der Waals surface area contributed by atoms with Gasteiger partial charge in [-0.2, -0.15) is 0 Å². The van der Waals surface area contributed by atoms with Crippen LogP contribution < -0.4 is 10.6 Å². The van der Waals surface area contributed by atoms with Gasteiger partial charge in [0.25, 0.3) is 11.8 Å². The van der Waals surface area contributed by atoms with Gasteiger partial charge in [-0.1, -0.05) is 42.5 Å². The van der Waals surface area contributed by atoms with Gasteiger partial charge in [-0.3, -0.25) is 19.3 Å². The zero-order valence-corrected chi connectivity index (χ0v) is 16.2. The van der Waals surface area contributed by atoms with Crippen LogP contribution in [0.15, 0.2) is 54.6 Å². The van der Waals surface area contributed by atoms with Crippen LogP contribution >= 0.6 is 0 Å². The number of anilines is 1. The highest BCUT2D eigenvalue weighted by Gasteiger charge is 2.54. The molecule has 0 saturated carbocycles. The summed E-state index contributed by atoms with van der Waals surface area (Å²) < 4.78 is 4.95. The third-order valence-corrected chi connectivity index (χ3v) is 5.36. The third-order valence-electron chi connectivity index (χ3n) is 5.36. The summed E-state index contributed by atoms with van der Waals surface area (Å²) in [7, 11) is 0. The molecule has 2 aliphatic rings. The minimum atomic E-state index is -1.14. The largest absolute Gasteiger partial charge is 0.454 e. The van der Waals surface area contributed by atoms with E-state index < -0.39 is 42.5 Å². The Morgan fingerprint density at radius 1 is 1.07 bits per heavy atom. The molecule has 0 radical (unpaired) electrons. The molecule has 0 unspecified atom stereocenters. The number of carbonyl (C=O) groups excluding carboxylic acids is 4. The minimum Gasteiger partial charge on any atom is -0.454 e. The molecule has 0 bridgehead atoms. The van der Waals surface area contributed by atoms with Crippen LogP contribution in [0.25, 0.3) is 0 Å². The van der Waals surface area contributed by atoms with E-state index in [-0.39, 0.29) is 0 Å². The highest BCUT2D eigenvalue weighted by molar-refractivity contribution is 6.09. The van der Waals surface area contributed by atoms with E-state index in [0.29, 0.717) is 12.1 Å². The number of fused-ring (bicyclic) bond motifs is 2. The van der Waals surface area contributed by atoms with Crippen LogP contribution in [-0.4, -0.2) is 41.9 Å². The van der Waals surface area contributed by atoms with Crippen LogP contribution in [0, 0.1) is 0 Å². The van der Waals surface area contributed by atoms with Crippen molar-refractivity contribution in [2.75, 3.05) is 18.5 Å². The lowest BCUT2D eigenvalue weighted by Crippen LogP contribution is -2.46. The first-order chi connectivity index (χ1) is 14.5. The molecular weight excluding hydrogens is 386 g/mol. The second-order valence-electron chi connectivity index (χ2n) is 7.31. The monoisotopic (exact) mass is 407 g/mol. The Labute approximate surface area is 173 Å². The standard InChI is InChI=1S/C22H21N3O5/c26-18(23-16-9-2-1-3-10-16)14-30-19(27)13-25-20(28)22(24-21(25)29)12-6-8-15-7-4-5-11-17(15)22/h1-5,7,9-11H,6,8,12-14H2,(H,23,26)(H,24,29)/t22-/m1/s1. The Morgan fingerprint density at radius 3 is 2.60 bits per heavy atom. The Bertz CT molecular complexity index is 1010. The highest BCUT2D eigenvalue weighted by Crippen LogP contribution is 2.39. The second-order valence-corrected chi connectivity index (χ2v) is 7.31. The second kappa shape index (κ2) is 7.98. The van der Waals surface area contributed by atoms with E-state index in [1.165, 1.54) is 0 Å². The van der Waals surface area contributed by atoms with Gasteiger partial charge >= 0.3 is 12.0 Å². The van der Waals surface area contributed by atoms with Crippen LogP contribution in [0.5, 0.6) is 0 Å². The number of hydrogen-bond acceptors (Lipinski definition) is 5. The average molecular weight is 407 g/mol. The molecule has 8 nitrogen and oxygen atoms in total. The number of nitrogens with zero attached hydrogens (tertiary/aromatic N) is 1. The van der Waals surface area contributed by atoms with Gasteiger partial charge in [0.1, 0.15) is 12.1 Å². The van der Waals surface area contributed by atoms with Gasteiger partial charge in [-0.05, 0) is 42.5 Å². The number of esters is 1. The van der Waals surface area contributed by atoms with Crippen molar-refractivity contribution in [2.24, 2.45) is 0 Å². The number of amides is 4. The molecule has 1 spiro atoms. The lowest BCUT2D eigenvalue weighted by Gasteiger charge is -2.33. The third kappa shape index (κ3) is 3.63. The first-order valence-electron chi connectivity index (χ1n) is 9.72. The Morgan fingerprint density at radius 2 is 1.80 bits per heavy atom. The van der Waals surface area contributed by atoms with Gasteiger partial charge in [0, 0.05) is 5.69 Å². The Hall–Kier alpha value is -3.68. The summed E-state index contributed by atoms with van der Waals surface area (Å²) in [5.41, 5.74) is 1.22. The first-order valence-corrected chi connectivity index (χ1v) is 9.72. The number of benzene rings is 2. The number of rotatable bonds is 5. The normalized spacial score (nSPS) is 19.9. The number of aryl methyl sites for hydroxylation is 1. The zero-order chi connectivity index (χ0) is 21.1. The van der Waals surface area contributed by atoms with Gasteiger partial charge in [0.05, 0.1) is 0 Å². The number of ether oxygens (including phenoxy) is 1. The molecule has 4 rings (SSSR count). The van der Waals surface area contributed by atoms with Crippen molar-refractivity contribution in [1.82, 2.24) is 10.2 Å². The van der Waals surface area contributed by atoms with Crippen molar-refractivity contribution in [2.45, 2.75) is 24.8 Å². The molecule has 1 atom stereocenters. The quantitative estimate of drug-likeness (QED) is 0.582. The molecule has 1 fully saturated rings. The molecule has 1 heterocycles. The molecule has 154 valence electrons. The lowest BCUT2D eigenvalue weighted by molar-refractivity contribution is -0.150. The maximum atomic E-state index is 13.1. The Kier molecular flexibility index (Phi) is 5.22. The van der Waals surface area contributed by atoms with E-state index in [0.717, 1.165) is 28.9 Å². The van der Waals surface area contributed by atoms with Gasteiger partial charge in [-0.25, -0.2) is 4.79 Å². The number of nitrogens with one attached hydrogen (secondary N) is 2. The van der Waals surface area contributed by atoms with E-state index in [9.17, 15) is 19.2 Å².